The van der Waals surface area contributed by atoms with Gasteiger partial charge in [-0.15, -0.1) is 0 Å². The molecule has 1 amide bonds. The lowest BCUT2D eigenvalue weighted by molar-refractivity contribution is -0.148. The van der Waals surface area contributed by atoms with Crippen LogP contribution >= 0.6 is 11.6 Å². The van der Waals surface area contributed by atoms with E-state index >= 15 is 0 Å². The Morgan fingerprint density at radius 3 is 2.68 bits per heavy atom. The highest BCUT2D eigenvalue weighted by Crippen LogP contribution is 2.20. The molecule has 1 atom stereocenters. The van der Waals surface area contributed by atoms with Crippen LogP contribution in [0.5, 0.6) is 5.75 Å². The van der Waals surface area contributed by atoms with Crippen LogP contribution in [0, 0.1) is 17.1 Å². The van der Waals surface area contributed by atoms with Gasteiger partial charge in [0, 0.05) is 5.69 Å². The second kappa shape index (κ2) is 9.53. The number of methoxy groups -OCH3 is 1. The van der Waals surface area contributed by atoms with Gasteiger partial charge in [-0.1, -0.05) is 23.7 Å². The second-order valence-corrected chi connectivity index (χ2v) is 6.02. The van der Waals surface area contributed by atoms with E-state index in [1.54, 1.807) is 30.3 Å². The molecule has 6 nitrogen and oxygen atoms in total. The smallest absolute Gasteiger partial charge is 0.349 e. The molecule has 0 saturated carbocycles. The van der Waals surface area contributed by atoms with E-state index in [1.807, 2.05) is 0 Å². The maximum absolute atomic E-state index is 13.2. The zero-order valence-corrected chi connectivity index (χ0v) is 15.8. The Balaban J connectivity index is 2.06. The van der Waals surface area contributed by atoms with Crippen molar-refractivity contribution in [1.82, 2.24) is 0 Å². The van der Waals surface area contributed by atoms with Gasteiger partial charge < -0.3 is 14.8 Å². The zero-order chi connectivity index (χ0) is 20.7. The zero-order valence-electron chi connectivity index (χ0n) is 15.0. The Bertz CT molecular complexity index is 969. The first-order chi connectivity index (χ1) is 13.3. The van der Waals surface area contributed by atoms with Crippen LogP contribution < -0.4 is 10.1 Å². The Hall–Kier alpha value is -3.37. The van der Waals surface area contributed by atoms with Gasteiger partial charge in [0.2, 0.25) is 0 Å². The number of nitrogens with zero attached hydrogens (tertiary/aromatic N) is 1. The molecule has 28 heavy (non-hydrogen) atoms. The van der Waals surface area contributed by atoms with Crippen LogP contribution in [-0.2, 0) is 14.3 Å². The third-order valence-electron chi connectivity index (χ3n) is 3.59. The maximum atomic E-state index is 13.2. The van der Waals surface area contributed by atoms with Crippen molar-refractivity contribution in [2.75, 3.05) is 12.4 Å². The minimum Gasteiger partial charge on any atom is -0.497 e. The Morgan fingerprint density at radius 1 is 1.29 bits per heavy atom. The van der Waals surface area contributed by atoms with Crippen LogP contribution in [0.3, 0.4) is 0 Å². The molecule has 0 spiro atoms. The number of esters is 1. The van der Waals surface area contributed by atoms with Gasteiger partial charge in [-0.25, -0.2) is 9.18 Å². The van der Waals surface area contributed by atoms with Gasteiger partial charge in [0.05, 0.1) is 12.1 Å². The summed E-state index contributed by atoms with van der Waals surface area (Å²) in [4.78, 5) is 24.4. The molecule has 0 aliphatic heterocycles. The van der Waals surface area contributed by atoms with Crippen LogP contribution in [0.2, 0.25) is 5.02 Å². The highest BCUT2D eigenvalue weighted by molar-refractivity contribution is 6.31. The first-order valence-corrected chi connectivity index (χ1v) is 8.44. The molecular weight excluding hydrogens is 387 g/mol. The summed E-state index contributed by atoms with van der Waals surface area (Å²) >= 11 is 5.66. The lowest BCUT2D eigenvalue weighted by atomic mass is 10.1. The van der Waals surface area contributed by atoms with E-state index < -0.39 is 23.8 Å². The number of nitriles is 1. The molecule has 0 unspecified atom stereocenters. The van der Waals surface area contributed by atoms with E-state index in [0.29, 0.717) is 11.3 Å². The summed E-state index contributed by atoms with van der Waals surface area (Å²) in [5.74, 6) is -1.68. The summed E-state index contributed by atoms with van der Waals surface area (Å²) in [5.41, 5.74) is 0.523. The molecule has 144 valence electrons. The third kappa shape index (κ3) is 5.56. The number of rotatable bonds is 6. The van der Waals surface area contributed by atoms with E-state index in [4.69, 9.17) is 21.1 Å². The van der Waals surface area contributed by atoms with Crippen molar-refractivity contribution in [2.45, 2.75) is 13.0 Å². The average molecular weight is 403 g/mol. The molecule has 1 N–H and O–H groups in total. The predicted octanol–water partition coefficient (Wildman–Crippen LogP) is 3.97. The number of hydrogen-bond donors (Lipinski definition) is 1. The van der Waals surface area contributed by atoms with E-state index in [1.165, 1.54) is 32.2 Å². The fourth-order valence-corrected chi connectivity index (χ4v) is 2.31. The van der Waals surface area contributed by atoms with E-state index in [-0.39, 0.29) is 16.3 Å². The van der Waals surface area contributed by atoms with E-state index in [9.17, 15) is 19.2 Å². The molecule has 0 saturated heterocycles. The van der Waals surface area contributed by atoms with Gasteiger partial charge in [0.15, 0.2) is 6.10 Å². The number of amides is 1. The molecule has 0 heterocycles. The first-order valence-electron chi connectivity index (χ1n) is 8.06. The van der Waals surface area contributed by atoms with Crippen molar-refractivity contribution in [2.24, 2.45) is 0 Å². The Labute approximate surface area is 166 Å². The van der Waals surface area contributed by atoms with Gasteiger partial charge >= 0.3 is 5.97 Å². The van der Waals surface area contributed by atoms with Crippen LogP contribution in [-0.4, -0.2) is 25.1 Å². The molecule has 0 fully saturated rings. The Kier molecular flexibility index (Phi) is 7.13. The standard InChI is InChI=1S/C20H16ClFN2O4/c1-12(19(25)24-15-6-7-18(22)17(21)10-15)28-20(26)14(11-23)8-13-4-3-5-16(9-13)27-2/h3-10,12H,1-2H3,(H,24,25)/b14-8+/t12-/m1/s1. The van der Waals surface area contributed by atoms with Crippen molar-refractivity contribution >= 4 is 35.2 Å². The highest BCUT2D eigenvalue weighted by atomic mass is 35.5. The lowest BCUT2D eigenvalue weighted by Crippen LogP contribution is -2.30. The molecule has 2 rings (SSSR count). The maximum Gasteiger partial charge on any atom is 0.349 e. The molecule has 0 bridgehead atoms. The van der Waals surface area contributed by atoms with Crippen LogP contribution in [0.15, 0.2) is 48.0 Å². The van der Waals surface area contributed by atoms with Crippen molar-refractivity contribution in [3.63, 3.8) is 0 Å². The number of hydrogen-bond acceptors (Lipinski definition) is 5. The molecule has 0 radical (unpaired) electrons. The molecule has 2 aromatic carbocycles. The first kappa shape index (κ1) is 20.9. The summed E-state index contributed by atoms with van der Waals surface area (Å²) in [6, 6.07) is 12.1. The summed E-state index contributed by atoms with van der Waals surface area (Å²) in [5, 5.41) is 11.5. The second-order valence-electron chi connectivity index (χ2n) is 5.61. The Morgan fingerprint density at radius 2 is 2.04 bits per heavy atom. The summed E-state index contributed by atoms with van der Waals surface area (Å²) in [7, 11) is 1.50. The predicted molar refractivity (Wildman–Crippen MR) is 102 cm³/mol. The van der Waals surface area contributed by atoms with Gasteiger partial charge in [-0.2, -0.15) is 5.26 Å². The average Bonchev–Trinajstić information content (AvgIpc) is 2.68. The normalized spacial score (nSPS) is 11.9. The van der Waals surface area contributed by atoms with Gasteiger partial charge in [-0.05, 0) is 48.9 Å². The largest absolute Gasteiger partial charge is 0.497 e. The molecule has 8 heteroatoms. The van der Waals surface area contributed by atoms with Crippen LogP contribution in [0.4, 0.5) is 10.1 Å². The van der Waals surface area contributed by atoms with Crippen LogP contribution in [0.25, 0.3) is 6.08 Å². The number of benzene rings is 2. The number of carbonyl (C=O) groups excluding carboxylic acids is 2. The number of anilines is 1. The molecule has 0 aromatic heterocycles. The monoisotopic (exact) mass is 402 g/mol. The lowest BCUT2D eigenvalue weighted by Gasteiger charge is -2.13. The minimum atomic E-state index is -1.20. The van der Waals surface area contributed by atoms with E-state index in [2.05, 4.69) is 5.32 Å². The quantitative estimate of drug-likeness (QED) is 0.448. The summed E-state index contributed by atoms with van der Waals surface area (Å²) in [6.07, 6.45) is 0.133. The highest BCUT2D eigenvalue weighted by Gasteiger charge is 2.21. The van der Waals surface area contributed by atoms with Gasteiger partial charge in [0.1, 0.15) is 23.2 Å². The number of carbonyl (C=O) groups is 2. The fraction of sp³-hybridized carbons (Fsp3) is 0.150. The van der Waals surface area contributed by atoms with Crippen molar-refractivity contribution in [3.8, 4) is 11.8 Å². The molecule has 2 aromatic rings. The number of halogens is 2. The van der Waals surface area contributed by atoms with Crippen LogP contribution in [0.1, 0.15) is 12.5 Å². The molecular formula is C20H16ClFN2O4. The fourth-order valence-electron chi connectivity index (χ4n) is 2.13. The van der Waals surface area contributed by atoms with Crippen molar-refractivity contribution < 1.29 is 23.5 Å². The summed E-state index contributed by atoms with van der Waals surface area (Å²) < 4.78 is 23.3. The molecule has 0 aliphatic rings. The topological polar surface area (TPSA) is 88.4 Å². The van der Waals surface area contributed by atoms with Crippen molar-refractivity contribution in [1.29, 1.82) is 5.26 Å². The van der Waals surface area contributed by atoms with E-state index in [0.717, 1.165) is 6.07 Å². The molecule has 0 aliphatic carbocycles. The third-order valence-corrected chi connectivity index (χ3v) is 3.87. The number of nitrogens with one attached hydrogen (secondary N) is 1. The van der Waals surface area contributed by atoms with Gasteiger partial charge in [0.25, 0.3) is 5.91 Å². The van der Waals surface area contributed by atoms with Gasteiger partial charge in [-0.3, -0.25) is 4.79 Å². The SMILES string of the molecule is COc1cccc(/C=C(\C#N)C(=O)O[C@H](C)C(=O)Nc2ccc(F)c(Cl)c2)c1. The van der Waals surface area contributed by atoms with Crippen molar-refractivity contribution in [3.05, 3.63) is 64.4 Å². The number of ether oxygens (including phenoxy) is 2. The summed E-state index contributed by atoms with van der Waals surface area (Å²) in [6.45, 7) is 1.35. The minimum absolute atomic E-state index is 0.157.